The van der Waals surface area contributed by atoms with Crippen LogP contribution < -0.4 is 11.1 Å². The molecule has 3 N–H and O–H groups in total. The van der Waals surface area contributed by atoms with E-state index < -0.39 is 0 Å². The number of aryl methyl sites for hydroxylation is 1. The van der Waals surface area contributed by atoms with Crippen molar-refractivity contribution in [1.82, 2.24) is 4.98 Å². The Labute approximate surface area is 141 Å². The van der Waals surface area contributed by atoms with Gasteiger partial charge in [0.05, 0.1) is 6.54 Å². The smallest absolute Gasteiger partial charge is 0.239 e. The van der Waals surface area contributed by atoms with Crippen LogP contribution in [0.4, 0.5) is 10.2 Å². The van der Waals surface area contributed by atoms with Crippen LogP contribution in [0.15, 0.2) is 42.6 Å². The van der Waals surface area contributed by atoms with Crippen LogP contribution in [0, 0.1) is 12.7 Å². The highest BCUT2D eigenvalue weighted by atomic mass is 19.1. The molecule has 0 aliphatic carbocycles. The quantitative estimate of drug-likeness (QED) is 0.851. The second-order valence-electron chi connectivity index (χ2n) is 5.55. The van der Waals surface area contributed by atoms with Crippen LogP contribution in [-0.4, -0.2) is 17.4 Å². The zero-order valence-electron chi connectivity index (χ0n) is 14.0. The van der Waals surface area contributed by atoms with E-state index in [0.29, 0.717) is 5.82 Å². The molecule has 0 aliphatic heterocycles. The Kier molecular flexibility index (Phi) is 6.21. The average Bonchev–Trinajstić information content (AvgIpc) is 2.57. The lowest BCUT2D eigenvalue weighted by Gasteiger charge is -2.12. The van der Waals surface area contributed by atoms with Gasteiger partial charge < -0.3 is 11.1 Å². The van der Waals surface area contributed by atoms with Crippen LogP contribution in [-0.2, 0) is 4.79 Å². The summed E-state index contributed by atoms with van der Waals surface area (Å²) in [6, 6.07) is 8.41. The summed E-state index contributed by atoms with van der Waals surface area (Å²) in [5, 5.41) is 2.62. The van der Waals surface area contributed by atoms with E-state index in [4.69, 9.17) is 5.73 Å². The normalized spacial score (nSPS) is 11.4. The Balaban J connectivity index is 2.36. The van der Waals surface area contributed by atoms with Gasteiger partial charge in [-0.25, -0.2) is 9.37 Å². The third kappa shape index (κ3) is 4.49. The van der Waals surface area contributed by atoms with Crippen LogP contribution >= 0.6 is 0 Å². The number of unbranched alkanes of at least 4 members (excludes halogenated alkanes) is 1. The Morgan fingerprint density at radius 2 is 2.12 bits per heavy atom. The van der Waals surface area contributed by atoms with E-state index in [0.717, 1.165) is 35.1 Å². The monoisotopic (exact) mass is 327 g/mol. The van der Waals surface area contributed by atoms with Gasteiger partial charge in [-0.2, -0.15) is 0 Å². The molecule has 0 atom stereocenters. The molecule has 5 heteroatoms. The number of pyridine rings is 1. The summed E-state index contributed by atoms with van der Waals surface area (Å²) in [6.07, 6.45) is 5.77. The second-order valence-corrected chi connectivity index (χ2v) is 5.55. The Bertz CT molecular complexity index is 739. The van der Waals surface area contributed by atoms with Crippen LogP contribution in [0.5, 0.6) is 0 Å². The molecule has 0 bridgehead atoms. The third-order valence-electron chi connectivity index (χ3n) is 3.64. The van der Waals surface area contributed by atoms with E-state index in [9.17, 15) is 9.18 Å². The predicted molar refractivity (Wildman–Crippen MR) is 95.0 cm³/mol. The fourth-order valence-electron chi connectivity index (χ4n) is 2.42. The molecule has 1 heterocycles. The first-order valence-electron chi connectivity index (χ1n) is 7.98. The molecular formula is C19H22FN3O. The molecule has 4 nitrogen and oxygen atoms in total. The largest absolute Gasteiger partial charge is 0.322 e. The van der Waals surface area contributed by atoms with Crippen molar-refractivity contribution in [2.45, 2.75) is 26.7 Å². The molecule has 0 saturated carbocycles. The molecule has 2 aromatic rings. The predicted octanol–water partition coefficient (Wildman–Crippen LogP) is 3.66. The number of hydrogen-bond donors (Lipinski definition) is 2. The van der Waals surface area contributed by atoms with Gasteiger partial charge in [0.1, 0.15) is 11.6 Å². The summed E-state index contributed by atoms with van der Waals surface area (Å²) < 4.78 is 13.4. The number of amides is 1. The highest BCUT2D eigenvalue weighted by molar-refractivity contribution is 5.91. The third-order valence-corrected chi connectivity index (χ3v) is 3.64. The van der Waals surface area contributed by atoms with Crippen LogP contribution in [0.2, 0.25) is 0 Å². The van der Waals surface area contributed by atoms with Crippen molar-refractivity contribution < 1.29 is 9.18 Å². The number of carbonyl (C=O) groups is 1. The minimum atomic E-state index is -0.286. The number of hydrogen-bond acceptors (Lipinski definition) is 3. The number of aromatic nitrogens is 1. The van der Waals surface area contributed by atoms with Crippen LogP contribution in [0.3, 0.4) is 0 Å². The molecule has 0 spiro atoms. The maximum Gasteiger partial charge on any atom is 0.239 e. The topological polar surface area (TPSA) is 68.0 Å². The summed E-state index contributed by atoms with van der Waals surface area (Å²) >= 11 is 0. The van der Waals surface area contributed by atoms with Gasteiger partial charge in [-0.15, -0.1) is 0 Å². The van der Waals surface area contributed by atoms with Gasteiger partial charge in [-0.05, 0) is 54.3 Å². The number of halogens is 1. The van der Waals surface area contributed by atoms with E-state index >= 15 is 0 Å². The van der Waals surface area contributed by atoms with Crippen LogP contribution in [0.25, 0.3) is 5.57 Å². The van der Waals surface area contributed by atoms with Gasteiger partial charge in [0.15, 0.2) is 0 Å². The van der Waals surface area contributed by atoms with Crippen molar-refractivity contribution in [2.24, 2.45) is 5.73 Å². The molecule has 0 fully saturated rings. The fourth-order valence-corrected chi connectivity index (χ4v) is 2.42. The lowest BCUT2D eigenvalue weighted by atomic mass is 9.94. The molecular weight excluding hydrogens is 305 g/mol. The summed E-state index contributed by atoms with van der Waals surface area (Å²) in [5.74, 6) is -0.0738. The first kappa shape index (κ1) is 17.8. The van der Waals surface area contributed by atoms with Gasteiger partial charge in [0.2, 0.25) is 5.91 Å². The Morgan fingerprint density at radius 1 is 1.33 bits per heavy atom. The van der Waals surface area contributed by atoms with Crippen molar-refractivity contribution in [3.63, 3.8) is 0 Å². The number of nitrogens with two attached hydrogens (primary N) is 1. The fraction of sp³-hybridized carbons (Fsp3) is 0.263. The molecule has 126 valence electrons. The number of carbonyl (C=O) groups excluding carboxylic acids is 1. The Hall–Kier alpha value is -2.53. The number of rotatable bonds is 6. The van der Waals surface area contributed by atoms with E-state index in [-0.39, 0.29) is 18.3 Å². The van der Waals surface area contributed by atoms with Gasteiger partial charge >= 0.3 is 0 Å². The molecule has 1 aromatic carbocycles. The molecule has 1 aromatic heterocycles. The molecule has 24 heavy (non-hydrogen) atoms. The van der Waals surface area contributed by atoms with Crippen molar-refractivity contribution in [3.8, 4) is 0 Å². The van der Waals surface area contributed by atoms with E-state index in [1.54, 1.807) is 18.3 Å². The molecule has 0 saturated heterocycles. The van der Waals surface area contributed by atoms with Gasteiger partial charge in [0, 0.05) is 11.8 Å². The van der Waals surface area contributed by atoms with Crippen molar-refractivity contribution in [2.75, 3.05) is 11.9 Å². The molecule has 0 aliphatic rings. The Morgan fingerprint density at radius 3 is 2.71 bits per heavy atom. The molecule has 0 radical (unpaired) electrons. The van der Waals surface area contributed by atoms with Gasteiger partial charge in [0.25, 0.3) is 0 Å². The van der Waals surface area contributed by atoms with Crippen molar-refractivity contribution in [1.29, 1.82) is 0 Å². The minimum Gasteiger partial charge on any atom is -0.322 e. The summed E-state index contributed by atoms with van der Waals surface area (Å²) in [7, 11) is 0. The number of nitrogens with one attached hydrogen (secondary N) is 1. The molecule has 2 rings (SSSR count). The second kappa shape index (κ2) is 8.36. The standard InChI is InChI=1S/C19H22FN3O/c1-3-4-5-17(16-8-7-15(20)10-13(16)2)14-6-9-18(22-12-14)23-19(24)11-21/h5-10,12H,3-4,11,21H2,1-2H3,(H,22,23,24). The minimum absolute atomic E-state index is 0.0835. The summed E-state index contributed by atoms with van der Waals surface area (Å²) in [6.45, 7) is 3.91. The summed E-state index contributed by atoms with van der Waals surface area (Å²) in [4.78, 5) is 15.6. The average molecular weight is 327 g/mol. The lowest BCUT2D eigenvalue weighted by Crippen LogP contribution is -2.22. The maximum atomic E-state index is 13.4. The summed E-state index contributed by atoms with van der Waals surface area (Å²) in [5.41, 5.74) is 9.06. The lowest BCUT2D eigenvalue weighted by molar-refractivity contribution is -0.114. The van der Waals surface area contributed by atoms with Gasteiger partial charge in [-0.3, -0.25) is 4.79 Å². The molecule has 1 amide bonds. The number of allylic oxidation sites excluding steroid dienone is 1. The first-order valence-corrected chi connectivity index (χ1v) is 7.98. The van der Waals surface area contributed by atoms with Crippen molar-refractivity contribution >= 4 is 17.3 Å². The zero-order chi connectivity index (χ0) is 17.5. The SMILES string of the molecule is CCCC=C(c1ccc(NC(=O)CN)nc1)c1ccc(F)cc1C. The first-order chi connectivity index (χ1) is 11.5. The van der Waals surface area contributed by atoms with E-state index in [2.05, 4.69) is 23.3 Å². The number of anilines is 1. The highest BCUT2D eigenvalue weighted by Crippen LogP contribution is 2.27. The highest BCUT2D eigenvalue weighted by Gasteiger charge is 2.10. The maximum absolute atomic E-state index is 13.4. The van der Waals surface area contributed by atoms with Crippen molar-refractivity contribution in [3.05, 3.63) is 65.1 Å². The van der Waals surface area contributed by atoms with Crippen LogP contribution in [0.1, 0.15) is 36.5 Å². The van der Waals surface area contributed by atoms with Gasteiger partial charge in [-0.1, -0.05) is 25.5 Å². The van der Waals surface area contributed by atoms with E-state index in [1.165, 1.54) is 12.1 Å². The van der Waals surface area contributed by atoms with E-state index in [1.807, 2.05) is 13.0 Å². The zero-order valence-corrected chi connectivity index (χ0v) is 14.0. The number of benzene rings is 1. The molecule has 0 unspecified atom stereocenters. The number of nitrogens with zero attached hydrogens (tertiary/aromatic N) is 1.